The first kappa shape index (κ1) is 81.5. The maximum atomic E-state index is 13.7. The lowest BCUT2D eigenvalue weighted by atomic mass is 9.77. The summed E-state index contributed by atoms with van der Waals surface area (Å²) in [4.78, 5) is 94.8. The molecular weight excluding hydrogens is 1490 g/mol. The van der Waals surface area contributed by atoms with Crippen LogP contribution in [-0.4, -0.2) is 191 Å². The zero-order valence-corrected chi connectivity index (χ0v) is 60.3. The van der Waals surface area contributed by atoms with Crippen molar-refractivity contribution in [1.82, 2.24) is 37.2 Å². The summed E-state index contributed by atoms with van der Waals surface area (Å²) in [5.74, 6) is -10.7. The van der Waals surface area contributed by atoms with Gasteiger partial charge in [-0.25, -0.2) is 0 Å². The van der Waals surface area contributed by atoms with Gasteiger partial charge in [0.1, 0.15) is 35.4 Å². The van der Waals surface area contributed by atoms with E-state index in [0.717, 1.165) is 5.69 Å². The molecule has 37 heteroatoms. The molecule has 3 aliphatic rings. The number of hydrogen-bond acceptors (Lipinski definition) is 19. The highest BCUT2D eigenvalue weighted by atomic mass is 127. The van der Waals surface area contributed by atoms with Crippen molar-refractivity contribution in [3.63, 3.8) is 0 Å². The van der Waals surface area contributed by atoms with Gasteiger partial charge in [0, 0.05) is 86.4 Å². The van der Waals surface area contributed by atoms with E-state index in [9.17, 15) is 98.4 Å². The van der Waals surface area contributed by atoms with Crippen molar-refractivity contribution < 1.29 is 98.4 Å². The number of rotatable bonds is 18. The van der Waals surface area contributed by atoms with E-state index in [1.165, 1.54) is 24.3 Å². The van der Waals surface area contributed by atoms with Gasteiger partial charge >= 0.3 is 0 Å². The SMILES string of the molecule is CC12CCCCCC(=O)NC(CS(=O)(=O)O)C(=O)NC(CS(=O)(=O)O)C(=O)NC(CS(=O)(=O)O)C(=O)NCCCCCNC(=O)CCCCCN3c4ccc(S(=O)(=O)O)cc4C(C)(C)C3/C=C/C=C/C=C/1N(CCCCCC(=O)NCCNC(=O)CI)c1ccc(S(=O)(=O)O)cc12. The molecule has 31 nitrogen and oxygen atoms in total. The number of unbranched alkanes of at least 4 members (excludes halogenated alkanes) is 2. The lowest BCUT2D eigenvalue weighted by Crippen LogP contribution is -2.60. The van der Waals surface area contributed by atoms with E-state index in [1.807, 2.05) is 77.1 Å². The number of anilines is 2. The molecule has 0 aromatic heterocycles. The van der Waals surface area contributed by atoms with Crippen LogP contribution in [0.25, 0.3) is 0 Å². The molecule has 3 aliphatic heterocycles. The molecule has 0 saturated carbocycles. The summed E-state index contributed by atoms with van der Waals surface area (Å²) in [6.07, 6.45) is 14.5. The third kappa shape index (κ3) is 26.1. The number of alkyl halides is 1. The van der Waals surface area contributed by atoms with Gasteiger partial charge in [0.25, 0.3) is 50.6 Å². The maximum Gasteiger partial charge on any atom is 0.294 e. The van der Waals surface area contributed by atoms with E-state index >= 15 is 0 Å². The van der Waals surface area contributed by atoms with Gasteiger partial charge in [0.15, 0.2) is 0 Å². The first-order valence-electron chi connectivity index (χ1n) is 31.5. The first-order chi connectivity index (χ1) is 45.2. The van der Waals surface area contributed by atoms with E-state index in [0.29, 0.717) is 93.4 Å². The smallest absolute Gasteiger partial charge is 0.294 e. The summed E-state index contributed by atoms with van der Waals surface area (Å²) >= 11 is 1.93. The Morgan fingerprint density at radius 3 is 1.66 bits per heavy atom. The summed E-state index contributed by atoms with van der Waals surface area (Å²) in [5.41, 5.74) is 1.44. The number of benzene rings is 2. The molecule has 0 bridgehead atoms. The minimum atomic E-state index is -5.24. The van der Waals surface area contributed by atoms with Crippen LogP contribution in [0, 0.1) is 0 Å². The van der Waals surface area contributed by atoms with Gasteiger partial charge in [0.2, 0.25) is 41.4 Å². The second-order valence-electron chi connectivity index (χ2n) is 24.7. The van der Waals surface area contributed by atoms with E-state index in [2.05, 4.69) is 31.5 Å². The lowest BCUT2D eigenvalue weighted by molar-refractivity contribution is -0.132. The molecule has 0 spiro atoms. The molecule has 2 aromatic carbocycles. The van der Waals surface area contributed by atoms with Crippen LogP contribution < -0.4 is 47.0 Å². The predicted molar refractivity (Wildman–Crippen MR) is 368 cm³/mol. The Labute approximate surface area is 580 Å². The van der Waals surface area contributed by atoms with E-state index in [4.69, 9.17) is 0 Å². The molecule has 5 atom stereocenters. The number of amides is 7. The van der Waals surface area contributed by atoms with Crippen LogP contribution in [0.5, 0.6) is 0 Å². The normalized spacial score (nSPS) is 23.6. The van der Waals surface area contributed by atoms with Crippen LogP contribution >= 0.6 is 22.6 Å². The van der Waals surface area contributed by atoms with Gasteiger partial charge in [0.05, 0.1) is 20.3 Å². The van der Waals surface area contributed by atoms with E-state index < -0.39 is 132 Å². The molecule has 0 aliphatic carbocycles. The summed E-state index contributed by atoms with van der Waals surface area (Å²) in [5, 5.41) is 16.5. The van der Waals surface area contributed by atoms with Gasteiger partial charge in [-0.2, -0.15) is 42.1 Å². The first-order valence-corrected chi connectivity index (χ1v) is 40.7. The van der Waals surface area contributed by atoms with Gasteiger partial charge in [-0.05, 0) is 118 Å². The Hall–Kier alpha value is -6.17. The molecule has 97 heavy (non-hydrogen) atoms. The fraction of sp³-hybridized carbons (Fsp3) is 0.583. The average molecular weight is 1570 g/mol. The number of allylic oxidation sites excluding steroid dienone is 5. The number of carbonyl (C=O) groups is 7. The van der Waals surface area contributed by atoms with Crippen molar-refractivity contribution in [2.45, 2.75) is 168 Å². The number of carbonyl (C=O) groups excluding carboxylic acids is 7. The fourth-order valence-electron chi connectivity index (χ4n) is 11.8. The molecule has 2 aromatic rings. The number of fused-ring (bicyclic) bond motifs is 6. The molecule has 0 saturated heterocycles. The Morgan fingerprint density at radius 1 is 0.567 bits per heavy atom. The standard InChI is InChI=1S/C60H88IN9O22S5/c1-59(2)43-35-41(96(87,88)89)24-26-48(43)69-33-17-6-12-21-52(71)62-29-15-8-16-30-65-56(75)45(38-93(78,79)80)67-58(77)47(40-95(84,85)86)68-57(76)46(39-94(81,82)83)66-54(73)23-11-5-14-28-60(3)44-36-42(97(90,91)92)25-27-49(44)70(51(60)20-10-4-9-19-50(59)69)34-18-7-13-22-53(72)63-31-32-64-55(74)37-61/h4,9-10,19-20,24-27,35-36,45-47,50H,5-8,11-18,21-23,28-34,37-40H2,1-3H3,(H,62,71)(H,63,72)(H,64,74)(H,65,75)(H,66,73)(H,67,77)(H,68,76)(H,78,79,80)(H,81,82,83)(H,84,85,86)(H,87,88,89)(H,90,91,92)/b10-4+,19-9+,51-20-. The molecular formula is C60H88IN9O22S5. The topological polar surface area (TPSA) is 482 Å². The number of halogens is 1. The van der Waals surface area contributed by atoms with Crippen LogP contribution in [0.4, 0.5) is 11.4 Å². The van der Waals surface area contributed by atoms with Gasteiger partial charge in [-0.1, -0.05) is 86.4 Å². The Kier molecular flexibility index (Phi) is 30.5. The second-order valence-corrected chi connectivity index (χ2v) is 32.8. The minimum absolute atomic E-state index is 0.0472. The Balaban J connectivity index is 1.51. The molecule has 5 unspecified atom stereocenters. The van der Waals surface area contributed by atoms with Crippen molar-refractivity contribution in [3.05, 3.63) is 83.6 Å². The second kappa shape index (κ2) is 36.3. The third-order valence-corrected chi connectivity index (χ3v) is 21.4. The predicted octanol–water partition coefficient (Wildman–Crippen LogP) is 2.69. The monoisotopic (exact) mass is 1570 g/mol. The van der Waals surface area contributed by atoms with Gasteiger partial charge < -0.3 is 47.0 Å². The van der Waals surface area contributed by atoms with Crippen LogP contribution in [0.1, 0.15) is 135 Å². The lowest BCUT2D eigenvalue weighted by Gasteiger charge is -2.32. The third-order valence-electron chi connectivity index (χ3n) is 16.7. The summed E-state index contributed by atoms with van der Waals surface area (Å²) in [6, 6.07) is 1.45. The zero-order valence-electron chi connectivity index (χ0n) is 54.0. The van der Waals surface area contributed by atoms with Crippen LogP contribution in [0.2, 0.25) is 0 Å². The molecule has 0 fully saturated rings. The quantitative estimate of drug-likeness (QED) is 0.0442. The van der Waals surface area contributed by atoms with Crippen LogP contribution in [0.15, 0.2) is 82.3 Å². The van der Waals surface area contributed by atoms with Crippen molar-refractivity contribution in [1.29, 1.82) is 0 Å². The average Bonchev–Trinajstić information content (AvgIpc) is 1.59. The van der Waals surface area contributed by atoms with Crippen molar-refractivity contribution >= 4 is 126 Å². The maximum absolute atomic E-state index is 13.7. The van der Waals surface area contributed by atoms with E-state index in [1.54, 1.807) is 24.3 Å². The highest BCUT2D eigenvalue weighted by Gasteiger charge is 2.45. The number of nitrogens with one attached hydrogen (secondary N) is 7. The summed E-state index contributed by atoms with van der Waals surface area (Å²) in [7, 11) is -24.8. The minimum Gasteiger partial charge on any atom is -0.364 e. The fourth-order valence-corrected chi connectivity index (χ4v) is 15.1. The number of nitrogens with zero attached hydrogens (tertiary/aromatic N) is 2. The van der Waals surface area contributed by atoms with Crippen molar-refractivity contribution in [3.8, 4) is 0 Å². The summed E-state index contributed by atoms with van der Waals surface area (Å²) < 4.78 is 173. The molecule has 7 amide bonds. The largest absolute Gasteiger partial charge is 0.364 e. The highest BCUT2D eigenvalue weighted by molar-refractivity contribution is 14.1. The molecule has 12 N–H and O–H groups in total. The Morgan fingerprint density at radius 2 is 1.08 bits per heavy atom. The highest BCUT2D eigenvalue weighted by Crippen LogP contribution is 2.52. The molecule has 0 radical (unpaired) electrons. The number of hydrogen-bond donors (Lipinski definition) is 12. The van der Waals surface area contributed by atoms with Crippen molar-refractivity contribution in [2.24, 2.45) is 0 Å². The van der Waals surface area contributed by atoms with Gasteiger partial charge in [-0.15, -0.1) is 0 Å². The van der Waals surface area contributed by atoms with Crippen LogP contribution in [0.3, 0.4) is 0 Å². The summed E-state index contributed by atoms with van der Waals surface area (Å²) in [6.45, 7) is 7.23. The van der Waals surface area contributed by atoms with Gasteiger partial charge in [-0.3, -0.25) is 56.3 Å². The van der Waals surface area contributed by atoms with E-state index in [-0.39, 0.29) is 97.8 Å². The van der Waals surface area contributed by atoms with Crippen LogP contribution in [-0.2, 0) is 95.0 Å². The molecule has 3 heterocycles. The molecule has 5 rings (SSSR count). The zero-order chi connectivity index (χ0) is 72.2. The Bertz CT molecular complexity index is 3870. The molecule has 542 valence electrons. The van der Waals surface area contributed by atoms with Crippen molar-refractivity contribution in [2.75, 3.05) is 70.8 Å².